The van der Waals surface area contributed by atoms with Gasteiger partial charge in [0.25, 0.3) is 0 Å². The molecular weight excluding hydrogens is 583 g/mol. The fourth-order valence-corrected chi connectivity index (χ4v) is 7.47. The third-order valence-electron chi connectivity index (χ3n) is 9.78. The molecule has 0 unspecified atom stereocenters. The lowest BCUT2D eigenvalue weighted by molar-refractivity contribution is 0.669. The summed E-state index contributed by atoms with van der Waals surface area (Å²) in [7, 11) is 0. The van der Waals surface area contributed by atoms with Crippen LogP contribution in [0.25, 0.3) is 76.2 Å². The fraction of sp³-hybridized carbons (Fsp3) is 0. The van der Waals surface area contributed by atoms with Crippen molar-refractivity contribution in [1.82, 2.24) is 0 Å². The molecule has 1 aromatic heterocycles. The number of hydrogen-bond donors (Lipinski definition) is 0. The molecule has 0 saturated heterocycles. The van der Waals surface area contributed by atoms with Crippen LogP contribution in [0.5, 0.6) is 0 Å². The van der Waals surface area contributed by atoms with Crippen molar-refractivity contribution >= 4 is 82.1 Å². The molecule has 0 aliphatic carbocycles. The zero-order valence-corrected chi connectivity index (χ0v) is 26.1. The number of nitrogens with zero attached hydrogens (tertiary/aromatic N) is 1. The smallest absolute Gasteiger partial charge is 0.159 e. The molecule has 0 bridgehead atoms. The van der Waals surface area contributed by atoms with Crippen molar-refractivity contribution in [2.24, 2.45) is 0 Å². The van der Waals surface area contributed by atoms with Crippen molar-refractivity contribution in [3.05, 3.63) is 176 Å². The van der Waals surface area contributed by atoms with Crippen LogP contribution in [0.4, 0.5) is 17.1 Å². The Hall–Kier alpha value is -6.38. The van der Waals surface area contributed by atoms with Gasteiger partial charge in [-0.15, -0.1) is 0 Å². The van der Waals surface area contributed by atoms with E-state index in [4.69, 9.17) is 4.42 Å². The van der Waals surface area contributed by atoms with Crippen molar-refractivity contribution in [1.29, 1.82) is 0 Å². The second-order valence-electron chi connectivity index (χ2n) is 12.6. The van der Waals surface area contributed by atoms with Gasteiger partial charge in [-0.05, 0) is 103 Å². The van der Waals surface area contributed by atoms with Gasteiger partial charge in [0, 0.05) is 22.1 Å². The van der Waals surface area contributed by atoms with Gasteiger partial charge in [-0.1, -0.05) is 127 Å². The Kier molecular flexibility index (Phi) is 5.91. The van der Waals surface area contributed by atoms with Crippen LogP contribution < -0.4 is 4.90 Å². The molecule has 48 heavy (non-hydrogen) atoms. The predicted octanol–water partition coefficient (Wildman–Crippen LogP) is 13.3. The molecule has 0 aliphatic rings. The molecule has 0 fully saturated rings. The number of rotatable bonds is 4. The molecule has 0 N–H and O–H groups in total. The average molecular weight is 612 g/mol. The van der Waals surface area contributed by atoms with Crippen molar-refractivity contribution in [2.75, 3.05) is 4.90 Å². The Bertz CT molecular complexity index is 2840. The maximum absolute atomic E-state index is 6.74. The summed E-state index contributed by atoms with van der Waals surface area (Å²) in [6.07, 6.45) is 0. The van der Waals surface area contributed by atoms with Gasteiger partial charge < -0.3 is 9.32 Å². The maximum Gasteiger partial charge on any atom is 0.159 e. The molecule has 2 nitrogen and oxygen atoms in total. The normalized spacial score (nSPS) is 11.8. The minimum absolute atomic E-state index is 0.876. The van der Waals surface area contributed by atoms with Crippen LogP contribution in [0.2, 0.25) is 0 Å². The van der Waals surface area contributed by atoms with Gasteiger partial charge in [0.1, 0.15) is 5.58 Å². The summed E-state index contributed by atoms with van der Waals surface area (Å²) in [5, 5.41) is 12.1. The summed E-state index contributed by atoms with van der Waals surface area (Å²) in [6, 6.07) is 63.3. The second-order valence-corrected chi connectivity index (χ2v) is 12.6. The summed E-state index contributed by atoms with van der Waals surface area (Å²) >= 11 is 0. The molecule has 9 aromatic carbocycles. The first-order valence-corrected chi connectivity index (χ1v) is 16.4. The van der Waals surface area contributed by atoms with E-state index in [9.17, 15) is 0 Å². The Balaban J connectivity index is 1.18. The second kappa shape index (κ2) is 10.6. The van der Waals surface area contributed by atoms with E-state index >= 15 is 0 Å². The highest BCUT2D eigenvalue weighted by Gasteiger charge is 2.20. The van der Waals surface area contributed by atoms with Gasteiger partial charge in [-0.25, -0.2) is 0 Å². The number of para-hydroxylation sites is 1. The minimum Gasteiger partial charge on any atom is -0.454 e. The monoisotopic (exact) mass is 611 g/mol. The number of hydrogen-bond acceptors (Lipinski definition) is 2. The Labute approximate surface area is 277 Å². The first kappa shape index (κ1) is 26.8. The van der Waals surface area contributed by atoms with Crippen LogP contribution in [0, 0.1) is 0 Å². The van der Waals surface area contributed by atoms with Crippen LogP contribution >= 0.6 is 0 Å². The molecular formula is C46H29NO. The van der Waals surface area contributed by atoms with Crippen LogP contribution in [0.1, 0.15) is 0 Å². The summed E-state index contributed by atoms with van der Waals surface area (Å²) < 4.78 is 6.74. The lowest BCUT2D eigenvalue weighted by atomic mass is 9.93. The van der Waals surface area contributed by atoms with E-state index in [1.165, 1.54) is 54.2 Å². The van der Waals surface area contributed by atoms with E-state index in [0.717, 1.165) is 39.0 Å². The van der Waals surface area contributed by atoms with Crippen LogP contribution in [-0.2, 0) is 0 Å². The average Bonchev–Trinajstić information content (AvgIpc) is 3.52. The molecule has 0 saturated carbocycles. The van der Waals surface area contributed by atoms with Gasteiger partial charge in [-0.2, -0.15) is 0 Å². The number of anilines is 3. The molecule has 10 aromatic rings. The van der Waals surface area contributed by atoms with Crippen molar-refractivity contribution in [3.8, 4) is 11.1 Å². The largest absolute Gasteiger partial charge is 0.454 e. The van der Waals surface area contributed by atoms with E-state index in [1.807, 2.05) is 0 Å². The lowest BCUT2D eigenvalue weighted by Gasteiger charge is -2.26. The summed E-state index contributed by atoms with van der Waals surface area (Å²) in [5.74, 6) is 0. The van der Waals surface area contributed by atoms with E-state index < -0.39 is 0 Å². The third-order valence-corrected chi connectivity index (χ3v) is 9.78. The van der Waals surface area contributed by atoms with Crippen molar-refractivity contribution in [2.45, 2.75) is 0 Å². The SMILES string of the molecule is c1ccc2cc(N(c3ccc(-c4cc5ccccc5c5ccccc45)cc3)c3cccc4c3oc3cc5ccccc5cc34)ccc2c1. The topological polar surface area (TPSA) is 16.4 Å². The Morgan fingerprint density at radius 2 is 0.958 bits per heavy atom. The Morgan fingerprint density at radius 3 is 1.75 bits per heavy atom. The minimum atomic E-state index is 0.876. The van der Waals surface area contributed by atoms with Crippen LogP contribution in [-0.4, -0.2) is 0 Å². The molecule has 224 valence electrons. The molecule has 0 spiro atoms. The van der Waals surface area contributed by atoms with Gasteiger partial charge in [-0.3, -0.25) is 0 Å². The van der Waals surface area contributed by atoms with Crippen molar-refractivity contribution in [3.63, 3.8) is 0 Å². The number of benzene rings is 9. The molecule has 1 heterocycles. The fourth-order valence-electron chi connectivity index (χ4n) is 7.47. The first-order chi connectivity index (χ1) is 23.8. The number of fused-ring (bicyclic) bond motifs is 8. The maximum atomic E-state index is 6.74. The summed E-state index contributed by atoms with van der Waals surface area (Å²) in [4.78, 5) is 2.33. The quantitative estimate of drug-likeness (QED) is 0.184. The third kappa shape index (κ3) is 4.20. The van der Waals surface area contributed by atoms with E-state index in [1.54, 1.807) is 0 Å². The Morgan fingerprint density at radius 1 is 0.354 bits per heavy atom. The zero-order valence-electron chi connectivity index (χ0n) is 26.1. The van der Waals surface area contributed by atoms with Crippen LogP contribution in [0.3, 0.4) is 0 Å². The molecule has 0 aliphatic heterocycles. The van der Waals surface area contributed by atoms with Gasteiger partial charge in [0.15, 0.2) is 5.58 Å². The molecule has 2 heteroatoms. The molecule has 0 radical (unpaired) electrons. The highest BCUT2D eigenvalue weighted by Crippen LogP contribution is 2.44. The van der Waals surface area contributed by atoms with Crippen molar-refractivity contribution < 1.29 is 4.42 Å². The van der Waals surface area contributed by atoms with Gasteiger partial charge in [0.2, 0.25) is 0 Å². The first-order valence-electron chi connectivity index (χ1n) is 16.4. The standard InChI is InChI=1S/C46H29NO/c1-2-11-32-26-37(25-20-30(32)10-1)47(44-19-9-18-41-43-27-33-12-3-4-13-34(33)29-45(43)48-46(41)44)36-23-21-31(22-24-36)42-28-35-14-5-6-15-38(35)39-16-7-8-17-40(39)42/h1-29H. The van der Waals surface area contributed by atoms with Gasteiger partial charge >= 0.3 is 0 Å². The molecule has 0 amide bonds. The van der Waals surface area contributed by atoms with E-state index in [0.29, 0.717) is 0 Å². The lowest BCUT2D eigenvalue weighted by Crippen LogP contribution is -2.10. The highest BCUT2D eigenvalue weighted by molar-refractivity contribution is 6.15. The predicted molar refractivity (Wildman–Crippen MR) is 204 cm³/mol. The van der Waals surface area contributed by atoms with Gasteiger partial charge in [0.05, 0.1) is 5.69 Å². The molecule has 0 atom stereocenters. The van der Waals surface area contributed by atoms with E-state index in [2.05, 4.69) is 181 Å². The molecule has 10 rings (SSSR count). The summed E-state index contributed by atoms with van der Waals surface area (Å²) in [6.45, 7) is 0. The van der Waals surface area contributed by atoms with Crippen LogP contribution in [0.15, 0.2) is 180 Å². The highest BCUT2D eigenvalue weighted by atomic mass is 16.3. The van der Waals surface area contributed by atoms with E-state index in [-0.39, 0.29) is 0 Å². The zero-order chi connectivity index (χ0) is 31.6. The summed E-state index contributed by atoms with van der Waals surface area (Å²) in [5.41, 5.74) is 7.35. The number of furan rings is 1.